The third-order valence-corrected chi connectivity index (χ3v) is 3.82. The smallest absolute Gasteiger partial charge is 0.0771 e. The van der Waals surface area contributed by atoms with Crippen molar-refractivity contribution in [3.63, 3.8) is 0 Å². The summed E-state index contributed by atoms with van der Waals surface area (Å²) in [4.78, 5) is 0. The highest BCUT2D eigenvalue weighted by molar-refractivity contribution is 6.31. The monoisotopic (exact) mass is 254 g/mol. The fourth-order valence-electron chi connectivity index (χ4n) is 2.40. The second-order valence-corrected chi connectivity index (χ2v) is 5.08. The van der Waals surface area contributed by atoms with E-state index in [-0.39, 0.29) is 12.1 Å². The number of rotatable bonds is 4. The van der Waals surface area contributed by atoms with Gasteiger partial charge in [-0.2, -0.15) is 0 Å². The lowest BCUT2D eigenvalue weighted by atomic mass is 9.93. The third kappa shape index (κ3) is 2.99. The number of benzene rings is 1. The number of hydrogen-bond donors (Lipinski definition) is 2. The lowest BCUT2D eigenvalue weighted by Gasteiger charge is -2.25. The summed E-state index contributed by atoms with van der Waals surface area (Å²) in [7, 11) is 0. The van der Waals surface area contributed by atoms with Gasteiger partial charge >= 0.3 is 0 Å². The molecule has 4 heteroatoms. The van der Waals surface area contributed by atoms with E-state index in [0.29, 0.717) is 5.92 Å². The zero-order valence-corrected chi connectivity index (χ0v) is 10.8. The molecule has 3 atom stereocenters. The summed E-state index contributed by atoms with van der Waals surface area (Å²) in [5.41, 5.74) is 3.98. The zero-order chi connectivity index (χ0) is 12.3. The van der Waals surface area contributed by atoms with Gasteiger partial charge in [-0.1, -0.05) is 36.7 Å². The second-order valence-electron chi connectivity index (χ2n) is 4.67. The van der Waals surface area contributed by atoms with Crippen LogP contribution in [0.1, 0.15) is 18.9 Å². The number of hydrogen-bond acceptors (Lipinski definition) is 3. The molecular formula is C13H19ClN2O. The molecule has 1 aliphatic heterocycles. The highest BCUT2D eigenvalue weighted by atomic mass is 35.5. The molecular weight excluding hydrogens is 236 g/mol. The molecule has 2 rings (SSSR count). The van der Waals surface area contributed by atoms with Gasteiger partial charge in [0.05, 0.1) is 12.1 Å². The standard InChI is InChI=1S/C13H19ClN2O/c1-9-6-7-17-13(9)12(16-15)8-10-4-2-3-5-11(10)14/h2-5,9,12-13,16H,6-8,15H2,1H3. The minimum Gasteiger partial charge on any atom is -0.376 e. The van der Waals surface area contributed by atoms with Crippen LogP contribution < -0.4 is 11.3 Å². The predicted molar refractivity (Wildman–Crippen MR) is 69.8 cm³/mol. The van der Waals surface area contributed by atoms with Crippen molar-refractivity contribution in [2.75, 3.05) is 6.61 Å². The Morgan fingerprint density at radius 3 is 2.88 bits per heavy atom. The van der Waals surface area contributed by atoms with Crippen molar-refractivity contribution in [2.24, 2.45) is 11.8 Å². The molecule has 0 aliphatic carbocycles. The first-order chi connectivity index (χ1) is 8.22. The van der Waals surface area contributed by atoms with Crippen LogP contribution in [0.25, 0.3) is 0 Å². The van der Waals surface area contributed by atoms with Crippen LogP contribution in [-0.2, 0) is 11.2 Å². The number of nitrogens with one attached hydrogen (secondary N) is 1. The highest BCUT2D eigenvalue weighted by Gasteiger charge is 2.31. The van der Waals surface area contributed by atoms with Gasteiger partial charge in [0.25, 0.3) is 0 Å². The van der Waals surface area contributed by atoms with E-state index in [1.165, 1.54) is 0 Å². The Morgan fingerprint density at radius 1 is 1.53 bits per heavy atom. The SMILES string of the molecule is CC1CCOC1C(Cc1ccccc1Cl)NN. The minimum absolute atomic E-state index is 0.118. The van der Waals surface area contributed by atoms with E-state index in [2.05, 4.69) is 12.3 Å². The average molecular weight is 255 g/mol. The van der Waals surface area contributed by atoms with Crippen LogP contribution >= 0.6 is 11.6 Å². The molecule has 1 saturated heterocycles. The largest absolute Gasteiger partial charge is 0.376 e. The summed E-state index contributed by atoms with van der Waals surface area (Å²) in [5.74, 6) is 6.18. The highest BCUT2D eigenvalue weighted by Crippen LogP contribution is 2.26. The summed E-state index contributed by atoms with van der Waals surface area (Å²) in [6, 6.07) is 7.99. The lowest BCUT2D eigenvalue weighted by Crippen LogP contribution is -2.47. The van der Waals surface area contributed by atoms with E-state index in [9.17, 15) is 0 Å². The molecule has 0 saturated carbocycles. The Hall–Kier alpha value is -0.610. The van der Waals surface area contributed by atoms with Gasteiger partial charge in [0, 0.05) is 11.6 Å². The zero-order valence-electron chi connectivity index (χ0n) is 10.0. The van der Waals surface area contributed by atoms with E-state index in [4.69, 9.17) is 22.2 Å². The second kappa shape index (κ2) is 5.83. The van der Waals surface area contributed by atoms with Crippen LogP contribution in [0.15, 0.2) is 24.3 Å². The average Bonchev–Trinajstić information content (AvgIpc) is 2.75. The van der Waals surface area contributed by atoms with Crippen molar-refractivity contribution < 1.29 is 4.74 Å². The molecule has 0 amide bonds. The molecule has 1 fully saturated rings. The quantitative estimate of drug-likeness (QED) is 0.639. The Morgan fingerprint density at radius 2 is 2.29 bits per heavy atom. The summed E-state index contributed by atoms with van der Waals surface area (Å²) >= 11 is 6.16. The minimum atomic E-state index is 0.118. The number of hydrazine groups is 1. The van der Waals surface area contributed by atoms with E-state index in [0.717, 1.165) is 30.0 Å². The fourth-order valence-corrected chi connectivity index (χ4v) is 2.61. The summed E-state index contributed by atoms with van der Waals surface area (Å²) in [6.07, 6.45) is 2.08. The van der Waals surface area contributed by atoms with E-state index >= 15 is 0 Å². The van der Waals surface area contributed by atoms with Gasteiger partial charge in [0.2, 0.25) is 0 Å². The number of ether oxygens (including phenoxy) is 1. The van der Waals surface area contributed by atoms with Crippen molar-refractivity contribution in [3.05, 3.63) is 34.9 Å². The molecule has 3 N–H and O–H groups in total. The maximum absolute atomic E-state index is 6.16. The van der Waals surface area contributed by atoms with Crippen LogP contribution in [0.2, 0.25) is 5.02 Å². The van der Waals surface area contributed by atoms with Gasteiger partial charge in [-0.05, 0) is 30.4 Å². The molecule has 0 aromatic heterocycles. The first-order valence-corrected chi connectivity index (χ1v) is 6.41. The van der Waals surface area contributed by atoms with Crippen molar-refractivity contribution in [3.8, 4) is 0 Å². The van der Waals surface area contributed by atoms with Gasteiger partial charge in [0.1, 0.15) is 0 Å². The van der Waals surface area contributed by atoms with Crippen molar-refractivity contribution in [1.29, 1.82) is 0 Å². The van der Waals surface area contributed by atoms with Crippen LogP contribution in [0.4, 0.5) is 0 Å². The molecule has 1 aromatic rings. The molecule has 3 unspecified atom stereocenters. The summed E-state index contributed by atoms with van der Waals surface area (Å²) < 4.78 is 5.74. The Labute approximate surface area is 107 Å². The maximum Gasteiger partial charge on any atom is 0.0771 e. The Balaban J connectivity index is 2.07. The molecule has 0 radical (unpaired) electrons. The van der Waals surface area contributed by atoms with Crippen molar-refractivity contribution in [1.82, 2.24) is 5.43 Å². The molecule has 3 nitrogen and oxygen atoms in total. The first kappa shape index (κ1) is 12.8. The van der Waals surface area contributed by atoms with Gasteiger partial charge in [0.15, 0.2) is 0 Å². The molecule has 0 spiro atoms. The van der Waals surface area contributed by atoms with Gasteiger partial charge in [-0.25, -0.2) is 0 Å². The molecule has 94 valence electrons. The normalized spacial score (nSPS) is 26.1. The Bertz CT molecular complexity index is 372. The van der Waals surface area contributed by atoms with Gasteiger partial charge in [-0.15, -0.1) is 0 Å². The summed E-state index contributed by atoms with van der Waals surface area (Å²) in [5, 5.41) is 0.790. The fraction of sp³-hybridized carbons (Fsp3) is 0.538. The third-order valence-electron chi connectivity index (χ3n) is 3.45. The van der Waals surface area contributed by atoms with Crippen LogP contribution in [0, 0.1) is 5.92 Å². The maximum atomic E-state index is 6.16. The van der Waals surface area contributed by atoms with E-state index in [1.54, 1.807) is 0 Å². The molecule has 1 aliphatic rings. The predicted octanol–water partition coefficient (Wildman–Crippen LogP) is 2.14. The first-order valence-electron chi connectivity index (χ1n) is 6.03. The van der Waals surface area contributed by atoms with Crippen molar-refractivity contribution in [2.45, 2.75) is 31.9 Å². The van der Waals surface area contributed by atoms with Gasteiger partial charge in [-0.3, -0.25) is 11.3 Å². The lowest BCUT2D eigenvalue weighted by molar-refractivity contribution is 0.0610. The van der Waals surface area contributed by atoms with Crippen LogP contribution in [0.5, 0.6) is 0 Å². The molecule has 17 heavy (non-hydrogen) atoms. The number of nitrogens with two attached hydrogens (primary N) is 1. The molecule has 0 bridgehead atoms. The van der Waals surface area contributed by atoms with Crippen molar-refractivity contribution >= 4 is 11.6 Å². The van der Waals surface area contributed by atoms with Crippen LogP contribution in [0.3, 0.4) is 0 Å². The molecule has 1 aromatic carbocycles. The topological polar surface area (TPSA) is 47.3 Å². The number of halogens is 1. The Kier molecular flexibility index (Phi) is 4.40. The van der Waals surface area contributed by atoms with Crippen LogP contribution in [-0.4, -0.2) is 18.8 Å². The van der Waals surface area contributed by atoms with E-state index in [1.807, 2.05) is 24.3 Å². The summed E-state index contributed by atoms with van der Waals surface area (Å²) in [6.45, 7) is 3.03. The van der Waals surface area contributed by atoms with Gasteiger partial charge < -0.3 is 4.74 Å². The molecule has 1 heterocycles. The van der Waals surface area contributed by atoms with E-state index < -0.39 is 0 Å².